The third-order valence-corrected chi connectivity index (χ3v) is 9.62. The van der Waals surface area contributed by atoms with E-state index < -0.39 is 10.0 Å². The van der Waals surface area contributed by atoms with Gasteiger partial charge in [0.15, 0.2) is 0 Å². The summed E-state index contributed by atoms with van der Waals surface area (Å²) in [5.41, 5.74) is 3.43. The molecule has 0 atom stereocenters. The Balaban J connectivity index is 1.30. The lowest BCUT2D eigenvalue weighted by Crippen LogP contribution is -2.52. The fourth-order valence-electron chi connectivity index (χ4n) is 5.44. The van der Waals surface area contributed by atoms with E-state index in [1.54, 1.807) is 17.0 Å². The van der Waals surface area contributed by atoms with Crippen LogP contribution < -0.4 is 4.74 Å². The zero-order valence-corrected chi connectivity index (χ0v) is 24.7. The summed E-state index contributed by atoms with van der Waals surface area (Å²) < 4.78 is 34.0. The van der Waals surface area contributed by atoms with Gasteiger partial charge in [0.1, 0.15) is 5.75 Å². The second-order valence-corrected chi connectivity index (χ2v) is 12.3. The van der Waals surface area contributed by atoms with Gasteiger partial charge in [-0.3, -0.25) is 9.69 Å². The molecule has 0 unspecified atom stereocenters. The quantitative estimate of drug-likeness (QED) is 0.252. The maximum absolute atomic E-state index is 13.7. The number of benzene rings is 4. The highest BCUT2D eigenvalue weighted by Crippen LogP contribution is 2.29. The highest BCUT2D eigenvalue weighted by atomic mass is 32.2. The van der Waals surface area contributed by atoms with Crippen LogP contribution in [0.3, 0.4) is 0 Å². The molecule has 0 aromatic heterocycles. The number of piperazine rings is 1. The third kappa shape index (κ3) is 7.07. The molecule has 0 saturated carbocycles. The van der Waals surface area contributed by atoms with Crippen molar-refractivity contribution in [3.05, 3.63) is 132 Å². The summed E-state index contributed by atoms with van der Waals surface area (Å²) in [7, 11) is -2.37. The van der Waals surface area contributed by atoms with Gasteiger partial charge in [-0.15, -0.1) is 0 Å². The molecule has 0 N–H and O–H groups in total. The molecule has 0 aliphatic carbocycles. The van der Waals surface area contributed by atoms with Gasteiger partial charge in [-0.05, 0) is 47.4 Å². The molecule has 0 radical (unpaired) electrons. The van der Waals surface area contributed by atoms with Crippen molar-refractivity contribution in [1.82, 2.24) is 14.1 Å². The molecule has 1 aliphatic heterocycles. The Labute approximate surface area is 249 Å². The first kappa shape index (κ1) is 29.5. The summed E-state index contributed by atoms with van der Waals surface area (Å²) in [5, 5.41) is 0. The number of amides is 1. The van der Waals surface area contributed by atoms with Crippen LogP contribution >= 0.6 is 0 Å². The van der Waals surface area contributed by atoms with Crippen LogP contribution in [0.1, 0.15) is 22.7 Å². The van der Waals surface area contributed by atoms with Crippen molar-refractivity contribution in [3.8, 4) is 5.75 Å². The average Bonchev–Trinajstić information content (AvgIpc) is 3.05. The SMILES string of the molecule is COc1ccc(S(=O)(=O)N(CCc2ccccc2)CC(=O)N2CCN(C(c3ccccc3)c3ccccc3)CC2)cc1. The molecule has 218 valence electrons. The molecule has 1 amide bonds. The fraction of sp³-hybridized carbons (Fsp3) is 0.265. The van der Waals surface area contributed by atoms with Crippen LogP contribution in [0.5, 0.6) is 5.75 Å². The minimum atomic E-state index is -3.91. The smallest absolute Gasteiger partial charge is 0.243 e. The first-order valence-corrected chi connectivity index (χ1v) is 15.7. The van der Waals surface area contributed by atoms with Gasteiger partial charge in [-0.25, -0.2) is 8.42 Å². The zero-order chi connectivity index (χ0) is 29.4. The van der Waals surface area contributed by atoms with Gasteiger partial charge in [0.25, 0.3) is 0 Å². The van der Waals surface area contributed by atoms with Crippen LogP contribution in [0.25, 0.3) is 0 Å². The normalized spacial score (nSPS) is 14.3. The fourth-order valence-corrected chi connectivity index (χ4v) is 6.83. The lowest BCUT2D eigenvalue weighted by Gasteiger charge is -2.40. The summed E-state index contributed by atoms with van der Waals surface area (Å²) in [6, 6.07) is 36.9. The van der Waals surface area contributed by atoms with Gasteiger partial charge in [-0.2, -0.15) is 4.31 Å². The largest absolute Gasteiger partial charge is 0.497 e. The topological polar surface area (TPSA) is 70.2 Å². The Hall–Kier alpha value is -3.98. The molecule has 8 heteroatoms. The van der Waals surface area contributed by atoms with Crippen molar-refractivity contribution >= 4 is 15.9 Å². The Kier molecular flexibility index (Phi) is 9.69. The molecule has 1 fully saturated rings. The lowest BCUT2D eigenvalue weighted by atomic mass is 9.96. The molecule has 4 aromatic rings. The lowest BCUT2D eigenvalue weighted by molar-refractivity contribution is -0.133. The number of methoxy groups -OCH3 is 1. The van der Waals surface area contributed by atoms with Gasteiger partial charge in [0, 0.05) is 32.7 Å². The van der Waals surface area contributed by atoms with Crippen LogP contribution in [-0.4, -0.2) is 74.8 Å². The molecule has 42 heavy (non-hydrogen) atoms. The van der Waals surface area contributed by atoms with E-state index in [0.717, 1.165) is 5.56 Å². The van der Waals surface area contributed by atoms with Crippen molar-refractivity contribution in [3.63, 3.8) is 0 Å². The maximum atomic E-state index is 13.7. The van der Waals surface area contributed by atoms with Crippen LogP contribution in [0.15, 0.2) is 120 Å². The number of hydrogen-bond acceptors (Lipinski definition) is 5. The molecular weight excluding hydrogens is 546 g/mol. The number of carbonyl (C=O) groups is 1. The molecule has 4 aromatic carbocycles. The highest BCUT2D eigenvalue weighted by molar-refractivity contribution is 7.89. The second kappa shape index (κ2) is 13.8. The van der Waals surface area contributed by atoms with Gasteiger partial charge >= 0.3 is 0 Å². The molecule has 1 heterocycles. The Morgan fingerprint density at radius 3 is 1.81 bits per heavy atom. The van der Waals surface area contributed by atoms with E-state index in [2.05, 4.69) is 53.4 Å². The molecule has 0 spiro atoms. The third-order valence-electron chi connectivity index (χ3n) is 7.76. The number of sulfonamides is 1. The molecule has 7 nitrogen and oxygen atoms in total. The summed E-state index contributed by atoms with van der Waals surface area (Å²) in [4.78, 5) is 17.9. The van der Waals surface area contributed by atoms with Gasteiger partial charge in [0.05, 0.1) is 24.6 Å². The van der Waals surface area contributed by atoms with E-state index in [1.807, 2.05) is 42.5 Å². The first-order chi connectivity index (χ1) is 20.5. The molecule has 0 bridgehead atoms. The van der Waals surface area contributed by atoms with E-state index in [1.165, 1.54) is 34.7 Å². The molecule has 5 rings (SSSR count). The van der Waals surface area contributed by atoms with Crippen molar-refractivity contribution in [2.45, 2.75) is 17.4 Å². The van der Waals surface area contributed by atoms with Crippen molar-refractivity contribution < 1.29 is 17.9 Å². The number of rotatable bonds is 11. The Morgan fingerprint density at radius 1 is 0.762 bits per heavy atom. The molecular formula is C34H37N3O4S. The van der Waals surface area contributed by atoms with Crippen molar-refractivity contribution in [1.29, 1.82) is 0 Å². The van der Waals surface area contributed by atoms with Crippen LogP contribution in [0.2, 0.25) is 0 Å². The zero-order valence-electron chi connectivity index (χ0n) is 23.9. The van der Waals surface area contributed by atoms with Gasteiger partial charge in [0.2, 0.25) is 15.9 Å². The van der Waals surface area contributed by atoms with Crippen molar-refractivity contribution in [2.75, 3.05) is 46.4 Å². The standard InChI is InChI=1S/C34H37N3O4S/c1-41-31-17-19-32(20-18-31)42(39,40)37(22-21-28-11-5-2-6-12-28)27-33(38)35-23-25-36(26-24-35)34(29-13-7-3-8-14-29)30-15-9-4-10-16-30/h2-20,34H,21-27H2,1H3. The summed E-state index contributed by atoms with van der Waals surface area (Å²) >= 11 is 0. The summed E-state index contributed by atoms with van der Waals surface area (Å²) in [6.45, 7) is 2.44. The van der Waals surface area contributed by atoms with E-state index in [-0.39, 0.29) is 29.9 Å². The second-order valence-electron chi connectivity index (χ2n) is 10.4. The minimum absolute atomic E-state index is 0.0856. The van der Waals surface area contributed by atoms with E-state index in [4.69, 9.17) is 4.74 Å². The number of carbonyl (C=O) groups excluding carboxylic acids is 1. The summed E-state index contributed by atoms with van der Waals surface area (Å²) in [5.74, 6) is 0.388. The van der Waals surface area contributed by atoms with Crippen LogP contribution in [0, 0.1) is 0 Å². The minimum Gasteiger partial charge on any atom is -0.497 e. The number of ether oxygens (including phenoxy) is 1. The van der Waals surface area contributed by atoms with Gasteiger partial charge < -0.3 is 9.64 Å². The summed E-state index contributed by atoms with van der Waals surface area (Å²) in [6.07, 6.45) is 0.507. The highest BCUT2D eigenvalue weighted by Gasteiger charge is 2.32. The van der Waals surface area contributed by atoms with Crippen LogP contribution in [0.4, 0.5) is 0 Å². The maximum Gasteiger partial charge on any atom is 0.243 e. The molecule has 1 aliphatic rings. The van der Waals surface area contributed by atoms with E-state index in [0.29, 0.717) is 38.3 Å². The van der Waals surface area contributed by atoms with Crippen LogP contribution in [-0.2, 0) is 21.2 Å². The van der Waals surface area contributed by atoms with Crippen molar-refractivity contribution in [2.24, 2.45) is 0 Å². The molecule has 1 saturated heterocycles. The Morgan fingerprint density at radius 2 is 1.29 bits per heavy atom. The van der Waals surface area contributed by atoms with E-state index >= 15 is 0 Å². The number of nitrogens with zero attached hydrogens (tertiary/aromatic N) is 3. The Bertz CT molecular complexity index is 1490. The predicted octanol–water partition coefficient (Wildman–Crippen LogP) is 4.86. The monoisotopic (exact) mass is 583 g/mol. The number of hydrogen-bond donors (Lipinski definition) is 0. The van der Waals surface area contributed by atoms with E-state index in [9.17, 15) is 13.2 Å². The average molecular weight is 584 g/mol. The first-order valence-electron chi connectivity index (χ1n) is 14.3. The van der Waals surface area contributed by atoms with Gasteiger partial charge in [-0.1, -0.05) is 91.0 Å². The predicted molar refractivity (Wildman–Crippen MR) is 165 cm³/mol.